The van der Waals surface area contributed by atoms with Gasteiger partial charge in [-0.05, 0) is 73.5 Å². The van der Waals surface area contributed by atoms with Crippen molar-refractivity contribution in [3.63, 3.8) is 0 Å². The van der Waals surface area contributed by atoms with Gasteiger partial charge in [0.25, 0.3) is 0 Å². The molecule has 0 spiro atoms. The standard InChI is InChI=1S/C46H65N9O8S2/c1-10-26(3)36(49-44(60)62-8)40(58)53-22-12-14-34(53)38(56)51-42-47-30(24-64-42)32-20-21-33(55(32)29-18-16-28(17-19-29)46(5,6)7)31-25-65-43(48-31)52-39(57)35-15-13-23-54(35)41(59)37(27(4)11-2)50-45(61)63-9/h16-19,24-27,32-37H,10-15,20-23H2,1-9H3,(H,49,60)(H,50,61)(H,47,51,56)(H,48,52,57)/t26-,27-,32-,33-,34-,35-,36-,37-/m0/s1. The molecule has 3 aromatic rings. The molecule has 0 bridgehead atoms. The van der Waals surface area contributed by atoms with Crippen molar-refractivity contribution in [1.29, 1.82) is 0 Å². The molecule has 6 amide bonds. The minimum absolute atomic E-state index is 0.0502. The summed E-state index contributed by atoms with van der Waals surface area (Å²) >= 11 is 2.66. The van der Waals surface area contributed by atoms with Crippen molar-refractivity contribution in [3.05, 3.63) is 52.0 Å². The number of rotatable bonds is 15. The van der Waals surface area contributed by atoms with Gasteiger partial charge in [-0.3, -0.25) is 19.2 Å². The van der Waals surface area contributed by atoms with Crippen molar-refractivity contribution in [1.82, 2.24) is 30.4 Å². The van der Waals surface area contributed by atoms with Crippen LogP contribution in [0.4, 0.5) is 25.5 Å². The lowest BCUT2D eigenvalue weighted by atomic mass is 9.87. The van der Waals surface area contributed by atoms with Crippen LogP contribution in [0.25, 0.3) is 0 Å². The van der Waals surface area contributed by atoms with Crippen molar-refractivity contribution in [2.75, 3.05) is 42.8 Å². The van der Waals surface area contributed by atoms with Crippen LogP contribution in [-0.4, -0.2) is 107 Å². The Hall–Kier alpha value is -5.30. The second-order valence-corrected chi connectivity index (χ2v) is 20.0. The second kappa shape index (κ2) is 21.3. The maximum Gasteiger partial charge on any atom is 0.407 e. The number of aromatic nitrogens is 2. The Labute approximate surface area is 389 Å². The summed E-state index contributed by atoms with van der Waals surface area (Å²) in [6.07, 6.45) is 3.68. The quantitative estimate of drug-likeness (QED) is 0.118. The van der Waals surface area contributed by atoms with Gasteiger partial charge >= 0.3 is 12.2 Å². The number of hydrogen-bond acceptors (Lipinski definition) is 13. The number of benzene rings is 1. The Balaban J connectivity index is 1.19. The fraction of sp³-hybridized carbons (Fsp3) is 0.609. The van der Waals surface area contributed by atoms with Crippen LogP contribution in [0, 0.1) is 11.8 Å². The van der Waals surface area contributed by atoms with Crippen molar-refractivity contribution < 1.29 is 38.2 Å². The maximum atomic E-state index is 13.8. The van der Waals surface area contributed by atoms with E-state index in [0.717, 1.165) is 29.9 Å². The monoisotopic (exact) mass is 935 g/mol. The molecule has 3 saturated heterocycles. The third kappa shape index (κ3) is 11.2. The molecule has 65 heavy (non-hydrogen) atoms. The molecule has 5 heterocycles. The summed E-state index contributed by atoms with van der Waals surface area (Å²) in [7, 11) is 2.51. The highest BCUT2D eigenvalue weighted by molar-refractivity contribution is 7.14. The van der Waals surface area contributed by atoms with E-state index in [1.54, 1.807) is 9.80 Å². The summed E-state index contributed by atoms with van der Waals surface area (Å²) in [5.74, 6) is -1.62. The predicted octanol–water partition coefficient (Wildman–Crippen LogP) is 7.38. The van der Waals surface area contributed by atoms with Gasteiger partial charge in [0.1, 0.15) is 24.2 Å². The molecule has 4 N–H and O–H groups in total. The lowest BCUT2D eigenvalue weighted by Crippen LogP contribution is -2.54. The zero-order chi connectivity index (χ0) is 47.2. The van der Waals surface area contributed by atoms with E-state index in [-0.39, 0.29) is 53.0 Å². The molecule has 6 rings (SSSR count). The van der Waals surface area contributed by atoms with Crippen LogP contribution >= 0.6 is 22.7 Å². The molecule has 1 aromatic carbocycles. The highest BCUT2D eigenvalue weighted by Gasteiger charge is 2.43. The first-order chi connectivity index (χ1) is 31.0. The van der Waals surface area contributed by atoms with Crippen molar-refractivity contribution in [2.24, 2.45) is 11.8 Å². The molecule has 19 heteroatoms. The summed E-state index contributed by atoms with van der Waals surface area (Å²) in [4.78, 5) is 94.9. The zero-order valence-corrected chi connectivity index (χ0v) is 40.6. The minimum Gasteiger partial charge on any atom is -0.453 e. The smallest absolute Gasteiger partial charge is 0.407 e. The number of anilines is 3. The number of likely N-dealkylation sites (tertiary alicyclic amines) is 2. The SMILES string of the molecule is CC[C@H](C)[C@H](NC(=O)OC)C(=O)N1CCC[C@H]1C(=O)Nc1nc([C@@H]2CC[C@@H](c3csc(NC(=O)[C@@H]4CCCN4C(=O)[C@@H](NC(=O)OC)[C@@H](C)CC)n3)N2c2ccc(C(C)(C)C)cc2)cs1. The topological polar surface area (TPSA) is 204 Å². The molecule has 2 aromatic heterocycles. The van der Waals surface area contributed by atoms with Crippen LogP contribution in [0.15, 0.2) is 35.0 Å². The Morgan fingerprint density at radius 2 is 1.11 bits per heavy atom. The molecular formula is C46H65N9O8S2. The summed E-state index contributed by atoms with van der Waals surface area (Å²) < 4.78 is 9.58. The molecule has 0 saturated carbocycles. The number of nitrogens with zero attached hydrogens (tertiary/aromatic N) is 5. The van der Waals surface area contributed by atoms with Gasteiger partial charge in [-0.1, -0.05) is 73.4 Å². The highest BCUT2D eigenvalue weighted by atomic mass is 32.1. The molecule has 8 atom stereocenters. The third-order valence-electron chi connectivity index (χ3n) is 13.2. The number of thiazole rings is 2. The van der Waals surface area contributed by atoms with Gasteiger partial charge < -0.3 is 45.4 Å². The van der Waals surface area contributed by atoms with Crippen LogP contribution in [0.2, 0.25) is 0 Å². The molecular weight excluding hydrogens is 871 g/mol. The van der Waals surface area contributed by atoms with Crippen LogP contribution in [0.3, 0.4) is 0 Å². The number of hydrogen-bond donors (Lipinski definition) is 4. The van der Waals surface area contributed by atoms with E-state index in [1.807, 2.05) is 38.5 Å². The van der Waals surface area contributed by atoms with Crippen molar-refractivity contribution in [3.8, 4) is 0 Å². The van der Waals surface area contributed by atoms with Gasteiger partial charge in [0.2, 0.25) is 23.6 Å². The van der Waals surface area contributed by atoms with Gasteiger partial charge in [-0.2, -0.15) is 0 Å². The molecule has 3 fully saturated rings. The fourth-order valence-electron chi connectivity index (χ4n) is 8.96. The van der Waals surface area contributed by atoms with Gasteiger partial charge in [0.15, 0.2) is 10.3 Å². The Bertz CT molecular complexity index is 2050. The Morgan fingerprint density at radius 1 is 0.692 bits per heavy atom. The lowest BCUT2D eigenvalue weighted by Gasteiger charge is -2.32. The summed E-state index contributed by atoms with van der Waals surface area (Å²) in [6.45, 7) is 15.0. The predicted molar refractivity (Wildman–Crippen MR) is 251 cm³/mol. The summed E-state index contributed by atoms with van der Waals surface area (Å²) in [5.41, 5.74) is 3.70. The van der Waals surface area contributed by atoms with E-state index in [2.05, 4.69) is 71.2 Å². The maximum absolute atomic E-state index is 13.8. The van der Waals surface area contributed by atoms with E-state index in [0.29, 0.717) is 61.9 Å². The second-order valence-electron chi connectivity index (χ2n) is 18.3. The van der Waals surface area contributed by atoms with E-state index in [1.165, 1.54) is 42.5 Å². The minimum atomic E-state index is -0.824. The summed E-state index contributed by atoms with van der Waals surface area (Å²) in [5, 5.41) is 16.1. The van der Waals surface area contributed by atoms with Crippen molar-refractivity contribution >= 4 is 74.4 Å². The Kier molecular flexibility index (Phi) is 16.1. The number of methoxy groups -OCH3 is 2. The molecule has 0 unspecified atom stereocenters. The number of amides is 6. The molecule has 3 aliphatic rings. The average Bonchev–Trinajstić information content (AvgIpc) is 4.16. The molecule has 3 aliphatic heterocycles. The Morgan fingerprint density at radius 3 is 1.48 bits per heavy atom. The average molecular weight is 936 g/mol. The molecule has 17 nitrogen and oxygen atoms in total. The zero-order valence-electron chi connectivity index (χ0n) is 39.0. The third-order valence-corrected chi connectivity index (χ3v) is 14.7. The number of alkyl carbamates (subject to hydrolysis) is 2. The van der Waals surface area contributed by atoms with E-state index in [9.17, 15) is 28.8 Å². The van der Waals surface area contributed by atoms with Gasteiger partial charge in [-0.15, -0.1) is 22.7 Å². The number of carbonyl (C=O) groups excluding carboxylic acids is 6. The van der Waals surface area contributed by atoms with Gasteiger partial charge in [-0.25, -0.2) is 19.6 Å². The highest BCUT2D eigenvalue weighted by Crippen LogP contribution is 2.48. The normalized spacial score (nSPS) is 21.6. The molecule has 0 aliphatic carbocycles. The number of ether oxygens (including phenoxy) is 2. The van der Waals surface area contributed by atoms with E-state index >= 15 is 0 Å². The summed E-state index contributed by atoms with van der Waals surface area (Å²) in [6, 6.07) is 5.13. The van der Waals surface area contributed by atoms with Crippen LogP contribution in [0.5, 0.6) is 0 Å². The number of carbonyl (C=O) groups is 6. The number of nitrogens with one attached hydrogen (secondary N) is 4. The molecule has 354 valence electrons. The van der Waals surface area contributed by atoms with E-state index in [4.69, 9.17) is 19.4 Å². The first-order valence-electron chi connectivity index (χ1n) is 22.7. The lowest BCUT2D eigenvalue weighted by molar-refractivity contribution is -0.139. The van der Waals surface area contributed by atoms with Crippen molar-refractivity contribution in [2.45, 2.75) is 141 Å². The van der Waals surface area contributed by atoms with Crippen LogP contribution < -0.4 is 26.2 Å². The van der Waals surface area contributed by atoms with Gasteiger partial charge in [0, 0.05) is 29.5 Å². The fourth-order valence-corrected chi connectivity index (χ4v) is 10.5. The van der Waals surface area contributed by atoms with Gasteiger partial charge in [0.05, 0.1) is 37.7 Å². The molecule has 0 radical (unpaired) electrons. The first-order valence-corrected chi connectivity index (χ1v) is 24.5. The largest absolute Gasteiger partial charge is 0.453 e. The van der Waals surface area contributed by atoms with Crippen LogP contribution in [-0.2, 0) is 34.1 Å². The van der Waals surface area contributed by atoms with E-state index < -0.39 is 36.4 Å². The first kappa shape index (κ1) is 49.1. The van der Waals surface area contributed by atoms with Crippen LogP contribution in [0.1, 0.15) is 129 Å².